The van der Waals surface area contributed by atoms with E-state index >= 15 is 0 Å². The van der Waals surface area contributed by atoms with Gasteiger partial charge >= 0.3 is 0 Å². The van der Waals surface area contributed by atoms with Crippen LogP contribution in [0.5, 0.6) is 0 Å². The maximum absolute atomic E-state index is 12.7. The van der Waals surface area contributed by atoms with Gasteiger partial charge in [-0.3, -0.25) is 4.79 Å². The first-order valence-electron chi connectivity index (χ1n) is 8.75. The molecule has 3 aliphatic rings. The average Bonchev–Trinajstić information content (AvgIpc) is 2.78. The zero-order valence-corrected chi connectivity index (χ0v) is 13.5. The predicted molar refractivity (Wildman–Crippen MR) is 83.1 cm³/mol. The molecule has 120 valence electrons. The molecule has 3 saturated heterocycles. The van der Waals surface area contributed by atoms with Crippen molar-refractivity contribution in [2.24, 2.45) is 11.8 Å². The minimum absolute atomic E-state index is 0.296. The lowest BCUT2D eigenvalue weighted by molar-refractivity contribution is -0.141. The van der Waals surface area contributed by atoms with Crippen molar-refractivity contribution in [3.05, 3.63) is 0 Å². The molecule has 4 heteroatoms. The van der Waals surface area contributed by atoms with Crippen LogP contribution in [0.3, 0.4) is 0 Å². The smallest absolute Gasteiger partial charge is 0.223 e. The van der Waals surface area contributed by atoms with Crippen molar-refractivity contribution in [1.29, 1.82) is 0 Å². The summed E-state index contributed by atoms with van der Waals surface area (Å²) in [5, 5.41) is 3.66. The molecule has 0 aliphatic carbocycles. The quantitative estimate of drug-likeness (QED) is 0.864. The van der Waals surface area contributed by atoms with Crippen molar-refractivity contribution in [3.8, 4) is 0 Å². The fraction of sp³-hybridized carbons (Fsp3) is 0.941. The molecule has 4 nitrogen and oxygen atoms in total. The van der Waals surface area contributed by atoms with Crippen LogP contribution in [0.25, 0.3) is 0 Å². The molecule has 0 aromatic carbocycles. The largest absolute Gasteiger partial charge is 0.377 e. The van der Waals surface area contributed by atoms with E-state index < -0.39 is 0 Å². The number of carbonyl (C=O) groups excluding carboxylic acids is 1. The third kappa shape index (κ3) is 3.78. The summed E-state index contributed by atoms with van der Waals surface area (Å²) in [7, 11) is 0. The van der Waals surface area contributed by atoms with Gasteiger partial charge in [-0.25, -0.2) is 0 Å². The molecule has 3 atom stereocenters. The summed E-state index contributed by atoms with van der Waals surface area (Å²) in [6.07, 6.45) is 6.82. The molecule has 0 aromatic heterocycles. The molecule has 0 radical (unpaired) electrons. The summed E-state index contributed by atoms with van der Waals surface area (Å²) in [5.41, 5.74) is 0. The summed E-state index contributed by atoms with van der Waals surface area (Å²) >= 11 is 0. The van der Waals surface area contributed by atoms with Crippen LogP contribution in [0.15, 0.2) is 0 Å². The normalized spacial score (nSPS) is 36.2. The molecule has 0 aromatic rings. The van der Waals surface area contributed by atoms with Crippen LogP contribution >= 0.6 is 0 Å². The van der Waals surface area contributed by atoms with Gasteiger partial charge in [0, 0.05) is 25.0 Å². The van der Waals surface area contributed by atoms with Gasteiger partial charge in [0.1, 0.15) is 0 Å². The molecule has 3 rings (SSSR count). The van der Waals surface area contributed by atoms with E-state index in [9.17, 15) is 4.79 Å². The second-order valence-corrected chi connectivity index (χ2v) is 7.62. The Labute approximate surface area is 128 Å². The molecular weight excluding hydrogens is 264 g/mol. The molecule has 0 spiro atoms. The Bertz CT molecular complexity index is 360. The third-order valence-corrected chi connectivity index (χ3v) is 5.33. The number of nitrogens with zero attached hydrogens (tertiary/aromatic N) is 1. The highest BCUT2D eigenvalue weighted by atomic mass is 16.5. The molecule has 3 aliphatic heterocycles. The number of piperidine rings is 1. The van der Waals surface area contributed by atoms with E-state index in [-0.39, 0.29) is 0 Å². The summed E-state index contributed by atoms with van der Waals surface area (Å²) < 4.78 is 5.59. The Morgan fingerprint density at radius 1 is 1.29 bits per heavy atom. The lowest BCUT2D eigenvalue weighted by Crippen LogP contribution is -2.50. The van der Waals surface area contributed by atoms with E-state index in [4.69, 9.17) is 4.74 Å². The number of morpholine rings is 1. The highest BCUT2D eigenvalue weighted by molar-refractivity contribution is 5.77. The number of nitrogens with one attached hydrogen (secondary N) is 1. The highest BCUT2D eigenvalue weighted by Gasteiger charge is 2.36. The first-order chi connectivity index (χ1) is 10.1. The zero-order chi connectivity index (χ0) is 14.8. The van der Waals surface area contributed by atoms with Gasteiger partial charge in [0.25, 0.3) is 0 Å². The maximum atomic E-state index is 12.7. The number of rotatable bonds is 4. The van der Waals surface area contributed by atoms with Gasteiger partial charge < -0.3 is 15.0 Å². The molecule has 2 bridgehead atoms. The Morgan fingerprint density at radius 2 is 2.00 bits per heavy atom. The maximum Gasteiger partial charge on any atom is 0.223 e. The Hall–Kier alpha value is -0.610. The van der Waals surface area contributed by atoms with E-state index in [1.807, 2.05) is 0 Å². The number of ether oxygens (including phenoxy) is 1. The molecule has 1 amide bonds. The fourth-order valence-corrected chi connectivity index (χ4v) is 4.43. The molecule has 0 saturated carbocycles. The standard InChI is InChI=1S/C17H30N2O2/c1-12(2)7-16-11-21-6-5-19(16)17(20)10-13-8-14-3-4-15(9-13)18-14/h12-16,18H,3-11H2,1-2H3. The van der Waals surface area contributed by atoms with Crippen molar-refractivity contribution >= 4 is 5.91 Å². The third-order valence-electron chi connectivity index (χ3n) is 5.33. The van der Waals surface area contributed by atoms with Crippen molar-refractivity contribution in [2.75, 3.05) is 19.8 Å². The topological polar surface area (TPSA) is 41.6 Å². The average molecular weight is 294 g/mol. The first kappa shape index (κ1) is 15.3. The monoisotopic (exact) mass is 294 g/mol. The number of fused-ring (bicyclic) bond motifs is 2. The van der Waals surface area contributed by atoms with Crippen molar-refractivity contribution in [2.45, 2.75) is 70.5 Å². The number of hydrogen-bond acceptors (Lipinski definition) is 3. The SMILES string of the molecule is CC(C)CC1COCCN1C(=O)CC1CC2CCC(C1)N2. The van der Waals surface area contributed by atoms with Gasteiger partial charge in [0.05, 0.1) is 19.3 Å². The summed E-state index contributed by atoms with van der Waals surface area (Å²) in [6, 6.07) is 1.65. The van der Waals surface area contributed by atoms with Gasteiger partial charge in [-0.1, -0.05) is 13.8 Å². The Morgan fingerprint density at radius 3 is 2.67 bits per heavy atom. The minimum Gasteiger partial charge on any atom is -0.377 e. The fourth-order valence-electron chi connectivity index (χ4n) is 4.43. The van der Waals surface area contributed by atoms with Crippen LogP contribution in [-0.2, 0) is 9.53 Å². The van der Waals surface area contributed by atoms with Crippen molar-refractivity contribution < 1.29 is 9.53 Å². The number of amides is 1. The van der Waals surface area contributed by atoms with Crippen LogP contribution < -0.4 is 5.32 Å². The summed E-state index contributed by atoms with van der Waals surface area (Å²) in [6.45, 7) is 6.66. The van der Waals surface area contributed by atoms with E-state index in [1.54, 1.807) is 0 Å². The molecule has 21 heavy (non-hydrogen) atoms. The second-order valence-electron chi connectivity index (χ2n) is 7.62. The van der Waals surface area contributed by atoms with Crippen molar-refractivity contribution in [3.63, 3.8) is 0 Å². The van der Waals surface area contributed by atoms with Gasteiger partial charge in [-0.2, -0.15) is 0 Å². The molecular formula is C17H30N2O2. The zero-order valence-electron chi connectivity index (χ0n) is 13.5. The Kier molecular flexibility index (Phi) is 4.85. The van der Waals surface area contributed by atoms with E-state index in [2.05, 4.69) is 24.1 Å². The molecule has 1 N–H and O–H groups in total. The van der Waals surface area contributed by atoms with E-state index in [0.717, 1.165) is 26.0 Å². The summed E-state index contributed by atoms with van der Waals surface area (Å²) in [5.74, 6) is 1.58. The van der Waals surface area contributed by atoms with Gasteiger partial charge in [0.2, 0.25) is 5.91 Å². The summed E-state index contributed by atoms with van der Waals surface area (Å²) in [4.78, 5) is 14.9. The van der Waals surface area contributed by atoms with Gasteiger partial charge in [-0.05, 0) is 43.9 Å². The lowest BCUT2D eigenvalue weighted by atomic mass is 9.89. The number of hydrogen-bond donors (Lipinski definition) is 1. The van der Waals surface area contributed by atoms with Crippen LogP contribution in [-0.4, -0.2) is 48.7 Å². The van der Waals surface area contributed by atoms with Crippen LogP contribution in [0.4, 0.5) is 0 Å². The first-order valence-corrected chi connectivity index (χ1v) is 8.75. The Balaban J connectivity index is 1.55. The molecule has 3 fully saturated rings. The van der Waals surface area contributed by atoms with Crippen LogP contribution in [0, 0.1) is 11.8 Å². The van der Waals surface area contributed by atoms with Gasteiger partial charge in [0.15, 0.2) is 0 Å². The van der Waals surface area contributed by atoms with E-state index in [1.165, 1.54) is 25.7 Å². The minimum atomic E-state index is 0.296. The highest BCUT2D eigenvalue weighted by Crippen LogP contribution is 2.33. The van der Waals surface area contributed by atoms with E-state index in [0.29, 0.717) is 42.5 Å². The van der Waals surface area contributed by atoms with Crippen LogP contribution in [0.2, 0.25) is 0 Å². The van der Waals surface area contributed by atoms with Crippen LogP contribution in [0.1, 0.15) is 52.4 Å². The predicted octanol–water partition coefficient (Wildman–Crippen LogP) is 2.18. The number of carbonyl (C=O) groups is 1. The van der Waals surface area contributed by atoms with Crippen molar-refractivity contribution in [1.82, 2.24) is 10.2 Å². The van der Waals surface area contributed by atoms with Gasteiger partial charge in [-0.15, -0.1) is 0 Å². The molecule has 3 unspecified atom stereocenters. The lowest BCUT2D eigenvalue weighted by Gasteiger charge is -2.38. The molecule has 3 heterocycles. The second kappa shape index (κ2) is 6.66.